The zero-order chi connectivity index (χ0) is 16.5. The van der Waals surface area contributed by atoms with Crippen LogP contribution in [0.2, 0.25) is 0 Å². The van der Waals surface area contributed by atoms with E-state index < -0.39 is 0 Å². The first-order chi connectivity index (χ1) is 11.2. The Morgan fingerprint density at radius 3 is 2.83 bits per heavy atom. The van der Waals surface area contributed by atoms with Crippen LogP contribution in [0, 0.1) is 0 Å². The van der Waals surface area contributed by atoms with Crippen LogP contribution in [0.4, 0.5) is 5.82 Å². The summed E-state index contributed by atoms with van der Waals surface area (Å²) in [5.74, 6) is 0.666. The molecule has 23 heavy (non-hydrogen) atoms. The normalized spacial score (nSPS) is 14.3. The van der Waals surface area contributed by atoms with E-state index >= 15 is 0 Å². The van der Waals surface area contributed by atoms with E-state index in [9.17, 15) is 4.79 Å². The Bertz CT molecular complexity index is 524. The lowest BCUT2D eigenvalue weighted by atomic mass is 9.97. The van der Waals surface area contributed by atoms with Gasteiger partial charge in [0.2, 0.25) is 0 Å². The molecule has 126 valence electrons. The molecule has 2 rings (SSSR count). The molecule has 1 aliphatic rings. The lowest BCUT2D eigenvalue weighted by Crippen LogP contribution is -2.26. The first-order valence-electron chi connectivity index (χ1n) is 8.71. The lowest BCUT2D eigenvalue weighted by Gasteiger charge is -2.17. The van der Waals surface area contributed by atoms with E-state index in [-0.39, 0.29) is 5.91 Å². The van der Waals surface area contributed by atoms with Gasteiger partial charge in [0.1, 0.15) is 0 Å². The third-order valence-electron chi connectivity index (χ3n) is 4.24. The van der Waals surface area contributed by atoms with Crippen LogP contribution in [-0.2, 0) is 0 Å². The molecular weight excluding hydrogens is 288 g/mol. The second-order valence-electron chi connectivity index (χ2n) is 6.17. The number of carbonyl (C=O) groups excluding carboxylic acids is 1. The quantitative estimate of drug-likeness (QED) is 0.747. The largest absolute Gasteiger partial charge is 0.358 e. The molecule has 1 heterocycles. The molecule has 0 unspecified atom stereocenters. The van der Waals surface area contributed by atoms with Crippen LogP contribution >= 0.6 is 0 Å². The summed E-state index contributed by atoms with van der Waals surface area (Å²) in [5.41, 5.74) is 1.85. The SMILES string of the molecule is CCCCN(C)c1ccc(C(=O)NCCC2=CCCCC2)nn1. The Kier molecular flexibility index (Phi) is 7.04. The fourth-order valence-electron chi connectivity index (χ4n) is 2.72. The fraction of sp³-hybridized carbons (Fsp3) is 0.611. The number of nitrogens with one attached hydrogen (secondary N) is 1. The summed E-state index contributed by atoms with van der Waals surface area (Å²) in [7, 11) is 2.00. The van der Waals surface area contributed by atoms with Crippen molar-refractivity contribution in [3.05, 3.63) is 29.5 Å². The maximum absolute atomic E-state index is 12.1. The van der Waals surface area contributed by atoms with Crippen LogP contribution < -0.4 is 10.2 Å². The number of aromatic nitrogens is 2. The van der Waals surface area contributed by atoms with Crippen molar-refractivity contribution in [1.82, 2.24) is 15.5 Å². The van der Waals surface area contributed by atoms with Gasteiger partial charge in [-0.3, -0.25) is 4.79 Å². The van der Waals surface area contributed by atoms with Gasteiger partial charge in [-0.2, -0.15) is 0 Å². The summed E-state index contributed by atoms with van der Waals surface area (Å²) in [6, 6.07) is 3.61. The molecule has 1 amide bonds. The molecule has 0 aromatic carbocycles. The molecule has 0 bridgehead atoms. The Morgan fingerprint density at radius 2 is 2.17 bits per heavy atom. The van der Waals surface area contributed by atoms with Crippen molar-refractivity contribution in [2.24, 2.45) is 0 Å². The molecule has 1 N–H and O–H groups in total. The number of allylic oxidation sites excluding steroid dienone is 1. The number of carbonyl (C=O) groups is 1. The van der Waals surface area contributed by atoms with Crippen molar-refractivity contribution < 1.29 is 4.79 Å². The average Bonchev–Trinajstić information content (AvgIpc) is 2.60. The van der Waals surface area contributed by atoms with Crippen molar-refractivity contribution in [2.45, 2.75) is 51.9 Å². The molecule has 5 nitrogen and oxygen atoms in total. The van der Waals surface area contributed by atoms with Gasteiger partial charge in [0.15, 0.2) is 11.5 Å². The van der Waals surface area contributed by atoms with Gasteiger partial charge in [-0.25, -0.2) is 0 Å². The van der Waals surface area contributed by atoms with E-state index in [1.807, 2.05) is 13.1 Å². The van der Waals surface area contributed by atoms with Gasteiger partial charge in [0, 0.05) is 20.1 Å². The van der Waals surface area contributed by atoms with Gasteiger partial charge in [-0.1, -0.05) is 25.0 Å². The van der Waals surface area contributed by atoms with Crippen LogP contribution in [0.3, 0.4) is 0 Å². The number of unbranched alkanes of at least 4 members (excludes halogenated alkanes) is 1. The average molecular weight is 316 g/mol. The van der Waals surface area contributed by atoms with Gasteiger partial charge in [-0.05, 0) is 50.7 Å². The zero-order valence-electron chi connectivity index (χ0n) is 14.3. The Morgan fingerprint density at radius 1 is 1.30 bits per heavy atom. The maximum atomic E-state index is 12.1. The van der Waals surface area contributed by atoms with Gasteiger partial charge < -0.3 is 10.2 Å². The molecule has 1 aromatic rings. The minimum absolute atomic E-state index is 0.142. The number of hydrogen-bond acceptors (Lipinski definition) is 4. The van der Waals surface area contributed by atoms with E-state index in [1.165, 1.54) is 31.3 Å². The monoisotopic (exact) mass is 316 g/mol. The minimum atomic E-state index is -0.142. The second-order valence-corrected chi connectivity index (χ2v) is 6.17. The van der Waals surface area contributed by atoms with E-state index in [0.717, 1.165) is 31.6 Å². The first-order valence-corrected chi connectivity index (χ1v) is 8.71. The van der Waals surface area contributed by atoms with E-state index in [2.05, 4.69) is 33.4 Å². The minimum Gasteiger partial charge on any atom is -0.358 e. The summed E-state index contributed by atoms with van der Waals surface area (Å²) in [6.45, 7) is 3.78. The summed E-state index contributed by atoms with van der Waals surface area (Å²) in [5, 5.41) is 11.1. The van der Waals surface area contributed by atoms with Gasteiger partial charge in [0.25, 0.3) is 5.91 Å². The van der Waals surface area contributed by atoms with E-state index in [0.29, 0.717) is 12.2 Å². The number of rotatable bonds is 8. The molecular formula is C18H28N4O. The summed E-state index contributed by atoms with van der Waals surface area (Å²) >= 11 is 0. The molecule has 0 spiro atoms. The predicted octanol–water partition coefficient (Wildman–Crippen LogP) is 3.33. The summed E-state index contributed by atoms with van der Waals surface area (Å²) in [6.07, 6.45) is 10.5. The topological polar surface area (TPSA) is 58.1 Å². The molecule has 0 saturated heterocycles. The molecule has 0 fully saturated rings. The number of nitrogens with zero attached hydrogens (tertiary/aromatic N) is 3. The molecule has 1 aliphatic carbocycles. The zero-order valence-corrected chi connectivity index (χ0v) is 14.3. The second kappa shape index (κ2) is 9.28. The lowest BCUT2D eigenvalue weighted by molar-refractivity contribution is 0.0948. The highest BCUT2D eigenvalue weighted by atomic mass is 16.1. The van der Waals surface area contributed by atoms with Gasteiger partial charge in [0.05, 0.1) is 0 Å². The molecule has 0 atom stereocenters. The van der Waals surface area contributed by atoms with Crippen LogP contribution in [0.1, 0.15) is 62.4 Å². The Hall–Kier alpha value is -1.91. The Balaban J connectivity index is 1.79. The highest BCUT2D eigenvalue weighted by Gasteiger charge is 2.10. The standard InChI is InChI=1S/C18H28N4O/c1-3-4-14-22(2)17-11-10-16(20-21-17)18(23)19-13-12-15-8-6-5-7-9-15/h8,10-11H,3-7,9,12-14H2,1-2H3,(H,19,23). The molecule has 0 radical (unpaired) electrons. The van der Waals surface area contributed by atoms with Crippen LogP contribution in [0.5, 0.6) is 0 Å². The smallest absolute Gasteiger partial charge is 0.271 e. The van der Waals surface area contributed by atoms with Crippen LogP contribution in [0.25, 0.3) is 0 Å². The first kappa shape index (κ1) is 17.4. The van der Waals surface area contributed by atoms with Crippen molar-refractivity contribution in [2.75, 3.05) is 25.0 Å². The van der Waals surface area contributed by atoms with Crippen molar-refractivity contribution in [3.8, 4) is 0 Å². The Labute approximate surface area is 139 Å². The van der Waals surface area contributed by atoms with E-state index in [1.54, 1.807) is 6.07 Å². The third kappa shape index (κ3) is 5.66. The molecule has 1 aromatic heterocycles. The maximum Gasteiger partial charge on any atom is 0.271 e. The van der Waals surface area contributed by atoms with E-state index in [4.69, 9.17) is 0 Å². The third-order valence-corrected chi connectivity index (χ3v) is 4.24. The number of hydrogen-bond donors (Lipinski definition) is 1. The van der Waals surface area contributed by atoms with Crippen molar-refractivity contribution in [1.29, 1.82) is 0 Å². The highest BCUT2D eigenvalue weighted by molar-refractivity contribution is 5.92. The molecule has 0 aliphatic heterocycles. The fourth-order valence-corrected chi connectivity index (χ4v) is 2.72. The van der Waals surface area contributed by atoms with Crippen molar-refractivity contribution in [3.63, 3.8) is 0 Å². The highest BCUT2D eigenvalue weighted by Crippen LogP contribution is 2.19. The summed E-state index contributed by atoms with van der Waals surface area (Å²) < 4.78 is 0. The van der Waals surface area contributed by atoms with Crippen LogP contribution in [0.15, 0.2) is 23.8 Å². The van der Waals surface area contributed by atoms with Crippen LogP contribution in [-0.4, -0.2) is 36.2 Å². The molecule has 5 heteroatoms. The number of anilines is 1. The van der Waals surface area contributed by atoms with Gasteiger partial charge >= 0.3 is 0 Å². The van der Waals surface area contributed by atoms with Crippen molar-refractivity contribution >= 4 is 11.7 Å². The van der Waals surface area contributed by atoms with Gasteiger partial charge in [-0.15, -0.1) is 10.2 Å². The molecule has 0 saturated carbocycles. The number of amides is 1. The summed E-state index contributed by atoms with van der Waals surface area (Å²) in [4.78, 5) is 14.2. The predicted molar refractivity (Wildman–Crippen MR) is 93.7 cm³/mol.